The van der Waals surface area contributed by atoms with Crippen molar-refractivity contribution in [3.05, 3.63) is 53.9 Å². The van der Waals surface area contributed by atoms with E-state index in [0.29, 0.717) is 35.4 Å². The van der Waals surface area contributed by atoms with Crippen molar-refractivity contribution < 1.29 is 21.6 Å². The summed E-state index contributed by atoms with van der Waals surface area (Å²) in [6.45, 7) is 0.796. The Balaban J connectivity index is 1.51. The number of sulfonamides is 1. The third kappa shape index (κ3) is 3.97. The molecule has 160 valence electrons. The summed E-state index contributed by atoms with van der Waals surface area (Å²) in [4.78, 5) is 1.76. The van der Waals surface area contributed by atoms with Gasteiger partial charge >= 0.3 is 6.18 Å². The van der Waals surface area contributed by atoms with E-state index >= 15 is 0 Å². The highest BCUT2D eigenvalue weighted by Gasteiger charge is 2.38. The maximum Gasteiger partial charge on any atom is 0.453 e. The molecular formula is C18H19F3N6O2S. The fourth-order valence-corrected chi connectivity index (χ4v) is 4.93. The van der Waals surface area contributed by atoms with Gasteiger partial charge in [-0.2, -0.15) is 22.0 Å². The lowest BCUT2D eigenvalue weighted by Gasteiger charge is -2.24. The van der Waals surface area contributed by atoms with Gasteiger partial charge in [-0.15, -0.1) is 15.3 Å². The molecule has 8 nitrogen and oxygen atoms in total. The Kier molecular flexibility index (Phi) is 5.14. The van der Waals surface area contributed by atoms with Crippen LogP contribution in [0.5, 0.6) is 0 Å². The van der Waals surface area contributed by atoms with Gasteiger partial charge in [0.15, 0.2) is 5.65 Å². The van der Waals surface area contributed by atoms with E-state index < -0.39 is 22.0 Å². The van der Waals surface area contributed by atoms with E-state index in [4.69, 9.17) is 0 Å². The SMILES string of the molecule is CN(C1CCN(c2ccc3nnc(C(F)(F)F)n3n2)C1)S(=O)(=O)Cc1ccccc1. The van der Waals surface area contributed by atoms with Crippen molar-refractivity contribution in [1.29, 1.82) is 0 Å². The molecule has 4 rings (SSSR count). The summed E-state index contributed by atoms with van der Waals surface area (Å²) in [5.74, 6) is -0.998. The predicted molar refractivity (Wildman–Crippen MR) is 103 cm³/mol. The number of hydrogen-bond donors (Lipinski definition) is 0. The van der Waals surface area contributed by atoms with Crippen LogP contribution in [0.15, 0.2) is 42.5 Å². The Labute approximate surface area is 171 Å². The first-order valence-electron chi connectivity index (χ1n) is 9.19. The van der Waals surface area contributed by atoms with Crippen LogP contribution in [-0.4, -0.2) is 58.7 Å². The second-order valence-electron chi connectivity index (χ2n) is 7.13. The molecule has 3 aromatic rings. The fraction of sp³-hybridized carbons (Fsp3) is 0.389. The van der Waals surface area contributed by atoms with Gasteiger partial charge in [-0.1, -0.05) is 30.3 Å². The predicted octanol–water partition coefficient (Wildman–Crippen LogP) is 2.18. The minimum Gasteiger partial charge on any atom is -0.354 e. The molecule has 0 aliphatic carbocycles. The molecule has 0 radical (unpaired) electrons. The Hall–Kier alpha value is -2.73. The topological polar surface area (TPSA) is 83.7 Å². The summed E-state index contributed by atoms with van der Waals surface area (Å²) in [6.07, 6.45) is -4.14. The first kappa shape index (κ1) is 20.5. The maximum absolute atomic E-state index is 13.1. The van der Waals surface area contributed by atoms with Crippen molar-refractivity contribution in [1.82, 2.24) is 24.1 Å². The zero-order chi connectivity index (χ0) is 21.5. The van der Waals surface area contributed by atoms with Gasteiger partial charge in [-0.25, -0.2) is 8.42 Å². The first-order chi connectivity index (χ1) is 14.1. The Bertz CT molecular complexity index is 1150. The summed E-state index contributed by atoms with van der Waals surface area (Å²) in [6, 6.07) is 11.6. The lowest BCUT2D eigenvalue weighted by Crippen LogP contribution is -2.39. The zero-order valence-electron chi connectivity index (χ0n) is 16.0. The summed E-state index contributed by atoms with van der Waals surface area (Å²) in [7, 11) is -2.01. The van der Waals surface area contributed by atoms with Gasteiger partial charge in [0, 0.05) is 26.2 Å². The van der Waals surface area contributed by atoms with Crippen LogP contribution in [-0.2, 0) is 22.0 Å². The number of halogens is 3. The molecule has 1 aliphatic rings. The number of benzene rings is 1. The zero-order valence-corrected chi connectivity index (χ0v) is 16.8. The maximum atomic E-state index is 13.1. The number of aromatic nitrogens is 4. The number of anilines is 1. The van der Waals surface area contributed by atoms with Gasteiger partial charge in [0.05, 0.1) is 5.75 Å². The van der Waals surface area contributed by atoms with Crippen LogP contribution in [0.4, 0.5) is 19.0 Å². The number of nitrogens with zero attached hydrogens (tertiary/aromatic N) is 6. The summed E-state index contributed by atoms with van der Waals surface area (Å²) < 4.78 is 66.8. The van der Waals surface area contributed by atoms with E-state index in [9.17, 15) is 21.6 Å². The minimum absolute atomic E-state index is 0.00983. The molecule has 1 fully saturated rings. The Morgan fingerprint density at radius 3 is 2.57 bits per heavy atom. The summed E-state index contributed by atoms with van der Waals surface area (Å²) in [5.41, 5.74) is 0.683. The monoisotopic (exact) mass is 440 g/mol. The first-order valence-corrected chi connectivity index (χ1v) is 10.8. The van der Waals surface area contributed by atoms with Crippen molar-refractivity contribution in [2.24, 2.45) is 0 Å². The fourth-order valence-electron chi connectivity index (χ4n) is 3.49. The lowest BCUT2D eigenvalue weighted by molar-refractivity contribution is -0.146. The van der Waals surface area contributed by atoms with Crippen LogP contribution < -0.4 is 4.90 Å². The Morgan fingerprint density at radius 1 is 1.13 bits per heavy atom. The molecule has 0 bridgehead atoms. The molecule has 0 saturated carbocycles. The second-order valence-corrected chi connectivity index (χ2v) is 9.16. The molecule has 1 unspecified atom stereocenters. The van der Waals surface area contributed by atoms with Crippen molar-refractivity contribution in [2.45, 2.75) is 24.4 Å². The van der Waals surface area contributed by atoms with Crippen LogP contribution >= 0.6 is 0 Å². The van der Waals surface area contributed by atoms with E-state index in [-0.39, 0.29) is 17.4 Å². The molecule has 2 aromatic heterocycles. The largest absolute Gasteiger partial charge is 0.453 e. The van der Waals surface area contributed by atoms with Gasteiger partial charge in [0.2, 0.25) is 10.0 Å². The van der Waals surface area contributed by atoms with Gasteiger partial charge in [0.1, 0.15) is 5.82 Å². The highest BCUT2D eigenvalue weighted by Crippen LogP contribution is 2.29. The van der Waals surface area contributed by atoms with Crippen LogP contribution in [0.25, 0.3) is 5.65 Å². The van der Waals surface area contributed by atoms with E-state index in [1.165, 1.54) is 17.4 Å². The smallest absolute Gasteiger partial charge is 0.354 e. The lowest BCUT2D eigenvalue weighted by atomic mass is 10.2. The third-order valence-corrected chi connectivity index (χ3v) is 7.01. The van der Waals surface area contributed by atoms with Crippen LogP contribution in [0, 0.1) is 0 Å². The average molecular weight is 440 g/mol. The molecule has 3 heterocycles. The van der Waals surface area contributed by atoms with E-state index in [1.54, 1.807) is 35.2 Å². The molecule has 0 amide bonds. The standard InChI is InChI=1S/C18H19F3N6O2S/c1-25(30(28,29)12-13-5-3-2-4-6-13)14-9-10-26(11-14)16-8-7-15-22-23-17(18(19,20)21)27(15)24-16/h2-8,14H,9-12H2,1H3. The number of hydrogen-bond acceptors (Lipinski definition) is 6. The number of fused-ring (bicyclic) bond motifs is 1. The van der Waals surface area contributed by atoms with Crippen molar-refractivity contribution in [3.63, 3.8) is 0 Å². The second kappa shape index (κ2) is 7.51. The number of likely N-dealkylation sites (N-methyl/N-ethyl adjacent to an activating group) is 1. The van der Waals surface area contributed by atoms with Gasteiger partial charge < -0.3 is 4.90 Å². The van der Waals surface area contributed by atoms with Crippen molar-refractivity contribution in [2.75, 3.05) is 25.0 Å². The molecular weight excluding hydrogens is 421 g/mol. The van der Waals surface area contributed by atoms with E-state index in [0.717, 1.165) is 0 Å². The van der Waals surface area contributed by atoms with E-state index in [1.807, 2.05) is 6.07 Å². The Morgan fingerprint density at radius 2 is 1.87 bits per heavy atom. The molecule has 0 spiro atoms. The minimum atomic E-state index is -4.68. The quantitative estimate of drug-likeness (QED) is 0.605. The van der Waals surface area contributed by atoms with Gasteiger partial charge in [-0.05, 0) is 24.1 Å². The van der Waals surface area contributed by atoms with Crippen LogP contribution in [0.3, 0.4) is 0 Å². The third-order valence-electron chi connectivity index (χ3n) is 5.13. The molecule has 1 aromatic carbocycles. The molecule has 1 aliphatic heterocycles. The van der Waals surface area contributed by atoms with Crippen LogP contribution in [0.1, 0.15) is 17.8 Å². The summed E-state index contributed by atoms with van der Waals surface area (Å²) in [5, 5.41) is 10.7. The molecule has 1 saturated heterocycles. The molecule has 0 N–H and O–H groups in total. The molecule has 30 heavy (non-hydrogen) atoms. The van der Waals surface area contributed by atoms with E-state index in [2.05, 4.69) is 15.3 Å². The highest BCUT2D eigenvalue weighted by atomic mass is 32.2. The average Bonchev–Trinajstić information content (AvgIpc) is 3.34. The normalized spacial score (nSPS) is 17.9. The molecule has 12 heteroatoms. The number of alkyl halides is 3. The van der Waals surface area contributed by atoms with Crippen molar-refractivity contribution >= 4 is 21.5 Å². The van der Waals surface area contributed by atoms with Gasteiger partial charge in [0.25, 0.3) is 5.82 Å². The highest BCUT2D eigenvalue weighted by molar-refractivity contribution is 7.88. The van der Waals surface area contributed by atoms with Gasteiger partial charge in [-0.3, -0.25) is 0 Å². The van der Waals surface area contributed by atoms with Crippen molar-refractivity contribution in [3.8, 4) is 0 Å². The molecule has 1 atom stereocenters. The van der Waals surface area contributed by atoms with Crippen LogP contribution in [0.2, 0.25) is 0 Å². The summed E-state index contributed by atoms with van der Waals surface area (Å²) >= 11 is 0. The number of rotatable bonds is 5.